The Morgan fingerprint density at radius 2 is 1.71 bits per heavy atom. The number of nitrogens with zero attached hydrogens (tertiary/aromatic N) is 2. The van der Waals surface area contributed by atoms with Crippen molar-refractivity contribution in [2.75, 3.05) is 22.6 Å². The number of benzene rings is 1. The maximum absolute atomic E-state index is 13.4. The fourth-order valence-electron chi connectivity index (χ4n) is 3.37. The van der Waals surface area contributed by atoms with E-state index in [9.17, 15) is 26.4 Å². The van der Waals surface area contributed by atoms with Crippen LogP contribution in [0.2, 0.25) is 0 Å². The van der Waals surface area contributed by atoms with Gasteiger partial charge in [-0.1, -0.05) is 23.7 Å². The molecule has 14 heteroatoms. The molecule has 2 aromatic heterocycles. The molecule has 10 nitrogen and oxygen atoms in total. The number of nitrogens with two attached hydrogens (primary N) is 1. The van der Waals surface area contributed by atoms with Gasteiger partial charge in [0.05, 0.1) is 6.26 Å². The Kier molecular flexibility index (Phi) is 7.36. The zero-order chi connectivity index (χ0) is 25.9. The van der Waals surface area contributed by atoms with Crippen LogP contribution < -0.4 is 16.4 Å². The van der Waals surface area contributed by atoms with Gasteiger partial charge in [0.2, 0.25) is 5.88 Å². The Labute approximate surface area is 198 Å². The van der Waals surface area contributed by atoms with Gasteiger partial charge in [-0.2, -0.15) is 21.6 Å². The fraction of sp³-hybridized carbons (Fsp3) is 0.286. The molecule has 5 N–H and O–H groups in total. The van der Waals surface area contributed by atoms with Crippen molar-refractivity contribution >= 4 is 33.5 Å². The van der Waals surface area contributed by atoms with Crippen molar-refractivity contribution in [2.24, 2.45) is 0 Å². The third-order valence-electron chi connectivity index (χ3n) is 5.25. The van der Waals surface area contributed by atoms with Crippen molar-refractivity contribution in [1.29, 1.82) is 0 Å². The number of halogens is 3. The smallest absolute Gasteiger partial charge is 0.384 e. The number of aromatic nitrogens is 2. The van der Waals surface area contributed by atoms with Gasteiger partial charge in [-0.15, -0.1) is 0 Å². The van der Waals surface area contributed by atoms with E-state index in [0.717, 1.165) is 17.2 Å². The maximum atomic E-state index is 13.4. The number of hydrogen-bond acceptors (Lipinski definition) is 7. The van der Waals surface area contributed by atoms with Crippen LogP contribution in [0.5, 0.6) is 0 Å². The van der Waals surface area contributed by atoms with Crippen LogP contribution in [0.4, 0.5) is 35.4 Å². The Bertz CT molecular complexity index is 1260. The third-order valence-corrected chi connectivity index (χ3v) is 5.25. The summed E-state index contributed by atoms with van der Waals surface area (Å²) in [5, 5.41) is 8.49. The Hall–Kier alpha value is -3.65. The summed E-state index contributed by atoms with van der Waals surface area (Å²) < 4.78 is 70.9. The number of pyridine rings is 1. The summed E-state index contributed by atoms with van der Waals surface area (Å²) in [5.41, 5.74) is 5.61. The van der Waals surface area contributed by atoms with Crippen LogP contribution in [0.3, 0.4) is 0 Å². The Morgan fingerprint density at radius 3 is 2.20 bits per heavy atom. The van der Waals surface area contributed by atoms with E-state index in [-0.39, 0.29) is 24.4 Å². The number of rotatable bonds is 4. The topological polar surface area (TPSA) is 160 Å². The summed E-state index contributed by atoms with van der Waals surface area (Å²) in [4.78, 5) is 16.2. The molecule has 0 saturated heterocycles. The Balaban J connectivity index is 0.000000623. The number of amides is 2. The second kappa shape index (κ2) is 9.92. The van der Waals surface area contributed by atoms with Gasteiger partial charge in [0.15, 0.2) is 0 Å². The number of nitrogen functional groups attached to an aromatic ring is 1. The summed E-state index contributed by atoms with van der Waals surface area (Å²) in [6.07, 6.45) is -1.66. The predicted octanol–water partition coefficient (Wildman–Crippen LogP) is 4.45. The predicted molar refractivity (Wildman–Crippen MR) is 122 cm³/mol. The van der Waals surface area contributed by atoms with Crippen LogP contribution >= 0.6 is 0 Å². The lowest BCUT2D eigenvalue weighted by molar-refractivity contribution is -0.214. The van der Waals surface area contributed by atoms with E-state index in [1.165, 1.54) is 0 Å². The Morgan fingerprint density at radius 1 is 1.11 bits per heavy atom. The number of alkyl halides is 3. The largest absolute Gasteiger partial charge is 0.400 e. The zero-order valence-corrected chi connectivity index (χ0v) is 19.2. The van der Waals surface area contributed by atoms with E-state index in [4.69, 9.17) is 14.8 Å². The van der Waals surface area contributed by atoms with Gasteiger partial charge in [0.25, 0.3) is 10.1 Å². The molecular formula is C21H22F3N5O5S. The molecule has 1 aliphatic rings. The summed E-state index contributed by atoms with van der Waals surface area (Å²) >= 11 is 0. The first kappa shape index (κ1) is 26.0. The molecule has 2 heterocycles. The average molecular weight is 513 g/mol. The molecule has 188 valence electrons. The van der Waals surface area contributed by atoms with Crippen molar-refractivity contribution in [3.8, 4) is 11.1 Å². The van der Waals surface area contributed by atoms with Crippen LogP contribution in [-0.2, 0) is 15.5 Å². The minimum atomic E-state index is -4.41. The molecule has 1 fully saturated rings. The van der Waals surface area contributed by atoms with Gasteiger partial charge in [-0.25, -0.2) is 9.78 Å². The molecule has 0 radical (unpaired) electrons. The van der Waals surface area contributed by atoms with Gasteiger partial charge in [0, 0.05) is 23.5 Å². The average Bonchev–Trinajstić information content (AvgIpc) is 3.14. The number of carbonyl (C=O) groups is 1. The zero-order valence-electron chi connectivity index (χ0n) is 18.3. The maximum Gasteiger partial charge on any atom is 0.400 e. The molecule has 1 aromatic carbocycles. The van der Waals surface area contributed by atoms with E-state index in [1.54, 1.807) is 36.5 Å². The molecule has 0 unspecified atom stereocenters. The summed E-state index contributed by atoms with van der Waals surface area (Å²) in [7, 11) is -3.67. The highest BCUT2D eigenvalue weighted by atomic mass is 32.2. The van der Waals surface area contributed by atoms with Crippen LogP contribution in [-0.4, -0.2) is 41.6 Å². The first-order valence-electron chi connectivity index (χ1n) is 10.1. The van der Waals surface area contributed by atoms with Crippen molar-refractivity contribution in [3.05, 3.63) is 54.4 Å². The van der Waals surface area contributed by atoms with Gasteiger partial charge in [0.1, 0.15) is 16.9 Å². The van der Waals surface area contributed by atoms with E-state index < -0.39 is 27.7 Å². The van der Waals surface area contributed by atoms with Gasteiger partial charge in [-0.05, 0) is 42.7 Å². The summed E-state index contributed by atoms with van der Waals surface area (Å²) in [6, 6.07) is 10.9. The number of anilines is 3. The highest BCUT2D eigenvalue weighted by molar-refractivity contribution is 7.85. The second-order valence-corrected chi connectivity index (χ2v) is 9.34. The summed E-state index contributed by atoms with van der Waals surface area (Å²) in [5.74, 6) is 0.269. The lowest BCUT2D eigenvalue weighted by Gasteiger charge is -2.41. The minimum absolute atomic E-state index is 0.0372. The van der Waals surface area contributed by atoms with Crippen molar-refractivity contribution < 1.29 is 35.5 Å². The van der Waals surface area contributed by atoms with Crippen molar-refractivity contribution in [3.63, 3.8) is 0 Å². The van der Waals surface area contributed by atoms with Crippen LogP contribution in [0.1, 0.15) is 25.0 Å². The number of urea groups is 1. The molecule has 4 rings (SSSR count). The molecule has 1 saturated carbocycles. The van der Waals surface area contributed by atoms with Crippen LogP contribution in [0, 0.1) is 0 Å². The monoisotopic (exact) mass is 513 g/mol. The molecule has 1 aliphatic carbocycles. The highest BCUT2D eigenvalue weighted by Crippen LogP contribution is 2.54. The first-order chi connectivity index (χ1) is 16.3. The van der Waals surface area contributed by atoms with E-state index in [1.807, 2.05) is 6.07 Å². The second-order valence-electron chi connectivity index (χ2n) is 7.87. The van der Waals surface area contributed by atoms with Gasteiger partial charge < -0.3 is 15.6 Å². The molecular weight excluding hydrogens is 491 g/mol. The minimum Gasteiger partial charge on any atom is -0.384 e. The SMILES string of the molecule is CS(=O)(=O)O.Nc1ccc(-c2ccc(NC(=O)Nc3cc(C4(C(F)(F)F)CCC4)no3)cc2)cn1. The standard InChI is InChI=1S/C20H18F3N5O2.CH4O3S/c21-20(22,23)19(8-1-9-19)15-10-17(30-28-15)27-18(29)26-14-5-2-12(3-6-14)13-4-7-16(24)25-11-13;1-5(2,3)4/h2-7,10-11H,1,8-9H2,(H2,24,25)(H2,26,27,29);1H3,(H,2,3,4). The highest BCUT2D eigenvalue weighted by Gasteiger charge is 2.61. The number of carbonyl (C=O) groups excluding carboxylic acids is 1. The third kappa shape index (κ3) is 6.70. The molecule has 35 heavy (non-hydrogen) atoms. The van der Waals surface area contributed by atoms with E-state index in [0.29, 0.717) is 24.2 Å². The molecule has 0 aliphatic heterocycles. The van der Waals surface area contributed by atoms with Crippen molar-refractivity contribution in [1.82, 2.24) is 10.1 Å². The lowest BCUT2D eigenvalue weighted by Crippen LogP contribution is -2.48. The molecule has 0 spiro atoms. The normalized spacial score (nSPS) is 14.8. The molecule has 2 amide bonds. The van der Waals surface area contributed by atoms with E-state index in [2.05, 4.69) is 20.8 Å². The van der Waals surface area contributed by atoms with Gasteiger partial charge in [-0.3, -0.25) is 9.87 Å². The molecule has 0 bridgehead atoms. The van der Waals surface area contributed by atoms with Crippen LogP contribution in [0.15, 0.2) is 53.2 Å². The first-order valence-corrected chi connectivity index (χ1v) is 12.0. The van der Waals surface area contributed by atoms with Crippen molar-refractivity contribution in [2.45, 2.75) is 30.9 Å². The number of hydrogen-bond donors (Lipinski definition) is 4. The van der Waals surface area contributed by atoms with Crippen LogP contribution in [0.25, 0.3) is 11.1 Å². The molecule has 3 aromatic rings. The summed E-state index contributed by atoms with van der Waals surface area (Å²) in [6.45, 7) is 0. The fourth-order valence-corrected chi connectivity index (χ4v) is 3.37. The van der Waals surface area contributed by atoms with E-state index >= 15 is 0 Å². The number of nitrogens with one attached hydrogen (secondary N) is 2. The van der Waals surface area contributed by atoms with Gasteiger partial charge >= 0.3 is 12.2 Å². The lowest BCUT2D eigenvalue weighted by atomic mass is 9.66. The molecule has 0 atom stereocenters. The quantitative estimate of drug-likeness (QED) is 0.372.